The lowest BCUT2D eigenvalue weighted by molar-refractivity contribution is -0.274. The molecule has 0 saturated carbocycles. The second-order valence-electron chi connectivity index (χ2n) is 7.27. The monoisotopic (exact) mass is 435 g/mol. The molecule has 6 nitrogen and oxygen atoms in total. The highest BCUT2D eigenvalue weighted by Gasteiger charge is 2.31. The summed E-state index contributed by atoms with van der Waals surface area (Å²) in [4.78, 5) is 19.0. The van der Waals surface area contributed by atoms with Crippen molar-refractivity contribution in [2.75, 3.05) is 25.5 Å². The van der Waals surface area contributed by atoms with E-state index >= 15 is 0 Å². The predicted molar refractivity (Wildman–Crippen MR) is 112 cm³/mol. The molecular weight excluding hydrogens is 411 g/mol. The summed E-state index contributed by atoms with van der Waals surface area (Å²) < 4.78 is 40.7. The smallest absolute Gasteiger partial charge is 0.406 e. The van der Waals surface area contributed by atoms with Gasteiger partial charge in [-0.25, -0.2) is 0 Å². The highest BCUT2D eigenvalue weighted by Crippen LogP contribution is 2.26. The molecule has 0 aromatic heterocycles. The van der Waals surface area contributed by atoms with Crippen LogP contribution >= 0.6 is 0 Å². The van der Waals surface area contributed by atoms with E-state index in [1.807, 2.05) is 0 Å². The highest BCUT2D eigenvalue weighted by molar-refractivity contribution is 6.06. The molecule has 0 unspecified atom stereocenters. The molecular formula is C22H24F3N3O3. The average molecular weight is 435 g/mol. The van der Waals surface area contributed by atoms with Crippen LogP contribution in [0.2, 0.25) is 0 Å². The van der Waals surface area contributed by atoms with Gasteiger partial charge < -0.3 is 20.1 Å². The van der Waals surface area contributed by atoms with Crippen molar-refractivity contribution in [2.24, 2.45) is 4.99 Å². The minimum atomic E-state index is -4.74. The topological polar surface area (TPSA) is 74.2 Å². The molecule has 0 atom stereocenters. The van der Waals surface area contributed by atoms with Crippen LogP contribution in [0.5, 0.6) is 5.75 Å². The molecule has 1 fully saturated rings. The Morgan fingerprint density at radius 2 is 1.81 bits per heavy atom. The third-order valence-electron chi connectivity index (χ3n) is 5.04. The van der Waals surface area contributed by atoms with Crippen LogP contribution in [-0.4, -0.2) is 54.2 Å². The number of benzene rings is 2. The number of hydrogen-bond donors (Lipinski definition) is 2. The van der Waals surface area contributed by atoms with Gasteiger partial charge in [-0.1, -0.05) is 6.07 Å². The van der Waals surface area contributed by atoms with E-state index in [9.17, 15) is 23.1 Å². The van der Waals surface area contributed by atoms with Crippen LogP contribution in [0.3, 0.4) is 0 Å². The number of nitrogens with zero attached hydrogens (tertiary/aromatic N) is 2. The molecule has 0 bridgehead atoms. The molecule has 3 rings (SSSR count). The number of carbonyl (C=O) groups is 1. The highest BCUT2D eigenvalue weighted by atomic mass is 19.4. The maximum Gasteiger partial charge on any atom is 0.573 e. The number of hydrogen-bond acceptors (Lipinski definition) is 5. The zero-order chi connectivity index (χ0) is 22.6. The summed E-state index contributed by atoms with van der Waals surface area (Å²) in [6, 6.07) is 10.5. The molecule has 166 valence electrons. The van der Waals surface area contributed by atoms with Crippen molar-refractivity contribution in [3.63, 3.8) is 0 Å². The third kappa shape index (κ3) is 5.97. The first-order valence-corrected chi connectivity index (χ1v) is 9.87. The zero-order valence-electron chi connectivity index (χ0n) is 17.2. The van der Waals surface area contributed by atoms with E-state index in [1.165, 1.54) is 24.3 Å². The largest absolute Gasteiger partial charge is 0.573 e. The minimum Gasteiger partial charge on any atom is -0.406 e. The van der Waals surface area contributed by atoms with Crippen LogP contribution < -0.4 is 10.1 Å². The minimum absolute atomic E-state index is 0.0928. The van der Waals surface area contributed by atoms with Gasteiger partial charge >= 0.3 is 6.36 Å². The second-order valence-corrected chi connectivity index (χ2v) is 7.27. The van der Waals surface area contributed by atoms with E-state index in [0.29, 0.717) is 48.6 Å². The summed E-state index contributed by atoms with van der Waals surface area (Å²) in [6.07, 6.45) is -3.95. The maximum atomic E-state index is 12.8. The van der Waals surface area contributed by atoms with Crippen LogP contribution in [-0.2, 0) is 0 Å². The number of piperidine rings is 1. The normalized spacial score (nSPS) is 15.7. The number of aliphatic imine (C=N–C) groups is 1. The molecule has 0 aliphatic carbocycles. The summed E-state index contributed by atoms with van der Waals surface area (Å²) in [6.45, 7) is 2.82. The fourth-order valence-electron chi connectivity index (χ4n) is 3.43. The van der Waals surface area contributed by atoms with E-state index in [1.54, 1.807) is 37.1 Å². The van der Waals surface area contributed by atoms with Crippen molar-refractivity contribution < 1.29 is 27.8 Å². The summed E-state index contributed by atoms with van der Waals surface area (Å²) in [5, 5.41) is 12.7. The fourth-order valence-corrected chi connectivity index (χ4v) is 3.43. The summed E-state index contributed by atoms with van der Waals surface area (Å²) in [7, 11) is 1.74. The fraction of sp³-hybridized carbons (Fsp3) is 0.364. The molecule has 2 N–H and O–H groups in total. The standard InChI is InChI=1S/C22H24F3N3O3/c1-14(27-16-4-6-18(7-5-16)31-22(23,24)25)19-8-3-15(13-20(19)26-2)21(30)28-11-9-17(29)10-12-28/h3-8,13,17,26,29H,9-12H2,1-2H3. The van der Waals surface area contributed by atoms with Crippen molar-refractivity contribution >= 4 is 23.0 Å². The Bertz CT molecular complexity index is 951. The molecule has 2 aromatic rings. The second kappa shape index (κ2) is 9.38. The number of anilines is 1. The van der Waals surface area contributed by atoms with Gasteiger partial charge in [0.2, 0.25) is 0 Å². The lowest BCUT2D eigenvalue weighted by atomic mass is 10.0. The van der Waals surface area contributed by atoms with Crippen LogP contribution in [0.4, 0.5) is 24.5 Å². The van der Waals surface area contributed by atoms with Crippen LogP contribution in [0.1, 0.15) is 35.7 Å². The molecule has 1 aliphatic rings. The van der Waals surface area contributed by atoms with Gasteiger partial charge in [-0.3, -0.25) is 9.79 Å². The van der Waals surface area contributed by atoms with Crippen molar-refractivity contribution in [2.45, 2.75) is 32.2 Å². The molecule has 0 radical (unpaired) electrons. The summed E-state index contributed by atoms with van der Waals surface area (Å²) >= 11 is 0. The molecule has 1 aliphatic heterocycles. The number of alkyl halides is 3. The number of aliphatic hydroxyl groups excluding tert-OH is 1. The quantitative estimate of drug-likeness (QED) is 0.685. The number of likely N-dealkylation sites (tertiary alicyclic amines) is 1. The Morgan fingerprint density at radius 1 is 1.16 bits per heavy atom. The predicted octanol–water partition coefficient (Wildman–Crippen LogP) is 4.36. The van der Waals surface area contributed by atoms with E-state index in [-0.39, 0.29) is 17.8 Å². The number of ether oxygens (including phenoxy) is 1. The molecule has 1 amide bonds. The number of halogens is 3. The van der Waals surface area contributed by atoms with E-state index < -0.39 is 6.36 Å². The first kappa shape index (κ1) is 22.6. The van der Waals surface area contributed by atoms with Gasteiger partial charge in [0.25, 0.3) is 5.91 Å². The number of amides is 1. The number of carbonyl (C=O) groups excluding carboxylic acids is 1. The lowest BCUT2D eigenvalue weighted by Gasteiger charge is -2.29. The molecule has 2 aromatic carbocycles. The molecule has 0 spiro atoms. The first-order chi connectivity index (χ1) is 14.7. The van der Waals surface area contributed by atoms with Crippen LogP contribution in [0.15, 0.2) is 47.5 Å². The SMILES string of the molecule is CNc1cc(C(=O)N2CCC(O)CC2)ccc1C(C)=Nc1ccc(OC(F)(F)F)cc1. The first-order valence-electron chi connectivity index (χ1n) is 9.87. The Kier molecular flexibility index (Phi) is 6.84. The van der Waals surface area contributed by atoms with Crippen molar-refractivity contribution in [3.8, 4) is 5.75 Å². The zero-order valence-corrected chi connectivity index (χ0v) is 17.2. The molecule has 31 heavy (non-hydrogen) atoms. The number of aliphatic hydroxyl groups is 1. The maximum absolute atomic E-state index is 12.8. The Labute approximate surface area is 178 Å². The van der Waals surface area contributed by atoms with Gasteiger partial charge in [-0.05, 0) is 56.2 Å². The van der Waals surface area contributed by atoms with Crippen LogP contribution in [0, 0.1) is 0 Å². The van der Waals surface area contributed by atoms with Gasteiger partial charge in [0.05, 0.1) is 11.8 Å². The summed E-state index contributed by atoms with van der Waals surface area (Å²) in [5.41, 5.74) is 3.12. The Hall–Kier alpha value is -3.07. The van der Waals surface area contributed by atoms with E-state index in [0.717, 1.165) is 5.56 Å². The molecule has 1 saturated heterocycles. The van der Waals surface area contributed by atoms with Gasteiger partial charge in [0.15, 0.2) is 0 Å². The van der Waals surface area contributed by atoms with Crippen molar-refractivity contribution in [1.82, 2.24) is 4.90 Å². The van der Waals surface area contributed by atoms with Crippen molar-refractivity contribution in [1.29, 1.82) is 0 Å². The number of nitrogens with one attached hydrogen (secondary N) is 1. The Morgan fingerprint density at radius 3 is 2.39 bits per heavy atom. The third-order valence-corrected chi connectivity index (χ3v) is 5.04. The molecule has 1 heterocycles. The molecule has 9 heteroatoms. The van der Waals surface area contributed by atoms with Gasteiger partial charge in [0, 0.05) is 42.7 Å². The average Bonchev–Trinajstić information content (AvgIpc) is 2.73. The lowest BCUT2D eigenvalue weighted by Crippen LogP contribution is -2.40. The van der Waals surface area contributed by atoms with Gasteiger partial charge in [0.1, 0.15) is 5.75 Å². The number of rotatable bonds is 5. The van der Waals surface area contributed by atoms with Gasteiger partial charge in [-0.15, -0.1) is 13.2 Å². The van der Waals surface area contributed by atoms with E-state index in [2.05, 4.69) is 15.0 Å². The van der Waals surface area contributed by atoms with Crippen molar-refractivity contribution in [3.05, 3.63) is 53.6 Å². The van der Waals surface area contributed by atoms with E-state index in [4.69, 9.17) is 0 Å². The summed E-state index contributed by atoms with van der Waals surface area (Å²) in [5.74, 6) is -0.405. The van der Waals surface area contributed by atoms with Crippen LogP contribution in [0.25, 0.3) is 0 Å². The van der Waals surface area contributed by atoms with Gasteiger partial charge in [-0.2, -0.15) is 0 Å². The Balaban J connectivity index is 1.78.